The molecule has 134 valence electrons. The summed E-state index contributed by atoms with van der Waals surface area (Å²) in [5, 5.41) is 12.0. The van der Waals surface area contributed by atoms with Crippen molar-refractivity contribution < 1.29 is 14.7 Å². The van der Waals surface area contributed by atoms with Crippen molar-refractivity contribution in [1.29, 1.82) is 0 Å². The predicted molar refractivity (Wildman–Crippen MR) is 94.5 cm³/mol. The number of pyridine rings is 1. The van der Waals surface area contributed by atoms with E-state index in [4.69, 9.17) is 5.11 Å². The van der Waals surface area contributed by atoms with Crippen molar-refractivity contribution in [3.05, 3.63) is 36.3 Å². The standard InChI is InChI=1S/C19H25N3O3/c23-18(24)9-7-16(12-14-4-2-1-3-5-14)21-19(25)15-6-8-17-20-10-11-22(17)13-15/h6,8,10-11,13-14,16H,1-5,7,9,12H2,(H,21,25)(H,23,24). The van der Waals surface area contributed by atoms with Crippen LogP contribution in [0.15, 0.2) is 30.7 Å². The van der Waals surface area contributed by atoms with Crippen LogP contribution >= 0.6 is 0 Å². The summed E-state index contributed by atoms with van der Waals surface area (Å²) in [7, 11) is 0. The summed E-state index contributed by atoms with van der Waals surface area (Å²) >= 11 is 0. The van der Waals surface area contributed by atoms with Gasteiger partial charge in [0.15, 0.2) is 0 Å². The summed E-state index contributed by atoms with van der Waals surface area (Å²) in [5.74, 6) is -0.381. The third-order valence-electron chi connectivity index (χ3n) is 5.04. The maximum absolute atomic E-state index is 12.6. The Hall–Kier alpha value is -2.37. The molecule has 0 radical (unpaired) electrons. The van der Waals surface area contributed by atoms with E-state index in [1.807, 2.05) is 10.5 Å². The number of imidazole rings is 1. The molecule has 2 aromatic heterocycles. The Balaban J connectivity index is 1.66. The number of aliphatic carboxylic acids is 1. The summed E-state index contributed by atoms with van der Waals surface area (Å²) in [6.07, 6.45) is 12.8. The van der Waals surface area contributed by atoms with Crippen molar-refractivity contribution >= 4 is 17.5 Å². The van der Waals surface area contributed by atoms with E-state index in [1.165, 1.54) is 32.1 Å². The molecule has 2 aromatic rings. The first-order valence-electron chi connectivity index (χ1n) is 9.07. The van der Waals surface area contributed by atoms with Crippen LogP contribution in [0.25, 0.3) is 5.65 Å². The number of carbonyl (C=O) groups excluding carboxylic acids is 1. The molecule has 1 amide bonds. The lowest BCUT2D eigenvalue weighted by Crippen LogP contribution is -2.37. The average molecular weight is 343 g/mol. The number of nitrogens with zero attached hydrogens (tertiary/aromatic N) is 2. The number of amides is 1. The number of hydrogen-bond donors (Lipinski definition) is 2. The zero-order valence-electron chi connectivity index (χ0n) is 14.4. The van der Waals surface area contributed by atoms with Gasteiger partial charge in [-0.1, -0.05) is 32.1 Å². The molecule has 6 nitrogen and oxygen atoms in total. The van der Waals surface area contributed by atoms with Crippen molar-refractivity contribution in [3.8, 4) is 0 Å². The number of hydrogen-bond acceptors (Lipinski definition) is 3. The second-order valence-corrected chi connectivity index (χ2v) is 6.95. The smallest absolute Gasteiger partial charge is 0.303 e. The van der Waals surface area contributed by atoms with E-state index in [1.54, 1.807) is 24.7 Å². The topological polar surface area (TPSA) is 83.7 Å². The first-order valence-corrected chi connectivity index (χ1v) is 9.07. The Bertz CT molecular complexity index is 734. The molecule has 1 unspecified atom stereocenters. The van der Waals surface area contributed by atoms with E-state index in [0.717, 1.165) is 12.1 Å². The van der Waals surface area contributed by atoms with E-state index >= 15 is 0 Å². The lowest BCUT2D eigenvalue weighted by molar-refractivity contribution is -0.137. The molecule has 2 heterocycles. The van der Waals surface area contributed by atoms with Crippen LogP contribution in [0.4, 0.5) is 0 Å². The molecule has 0 spiro atoms. The highest BCUT2D eigenvalue weighted by Crippen LogP contribution is 2.28. The number of carboxylic acid groups (broad SMARTS) is 1. The third kappa shape index (κ3) is 4.81. The van der Waals surface area contributed by atoms with Gasteiger partial charge in [0, 0.05) is 31.1 Å². The fraction of sp³-hybridized carbons (Fsp3) is 0.526. The van der Waals surface area contributed by atoms with Crippen LogP contribution in [0.2, 0.25) is 0 Å². The molecule has 0 aliphatic heterocycles. The van der Waals surface area contributed by atoms with Gasteiger partial charge >= 0.3 is 5.97 Å². The highest BCUT2D eigenvalue weighted by atomic mass is 16.4. The summed E-state index contributed by atoms with van der Waals surface area (Å²) in [6.45, 7) is 0. The highest BCUT2D eigenvalue weighted by molar-refractivity contribution is 5.94. The SMILES string of the molecule is O=C(O)CCC(CC1CCCCC1)NC(=O)c1ccc2nccn2c1. The third-order valence-corrected chi connectivity index (χ3v) is 5.04. The minimum atomic E-state index is -0.817. The Morgan fingerprint density at radius 2 is 2.08 bits per heavy atom. The van der Waals surface area contributed by atoms with E-state index in [-0.39, 0.29) is 18.4 Å². The van der Waals surface area contributed by atoms with Crippen LogP contribution in [0.5, 0.6) is 0 Å². The first-order chi connectivity index (χ1) is 12.1. The quantitative estimate of drug-likeness (QED) is 0.808. The van der Waals surface area contributed by atoms with Gasteiger partial charge in [0.05, 0.1) is 5.56 Å². The molecule has 3 rings (SSSR count). The normalized spacial score (nSPS) is 16.6. The fourth-order valence-corrected chi connectivity index (χ4v) is 3.69. The molecular formula is C19H25N3O3. The predicted octanol–water partition coefficient (Wildman–Crippen LogP) is 3.27. The zero-order valence-corrected chi connectivity index (χ0v) is 14.4. The fourth-order valence-electron chi connectivity index (χ4n) is 3.69. The lowest BCUT2D eigenvalue weighted by Gasteiger charge is -2.27. The summed E-state index contributed by atoms with van der Waals surface area (Å²) in [4.78, 5) is 27.7. The second-order valence-electron chi connectivity index (χ2n) is 6.95. The monoisotopic (exact) mass is 343 g/mol. The van der Waals surface area contributed by atoms with Crippen LogP contribution < -0.4 is 5.32 Å². The van der Waals surface area contributed by atoms with Gasteiger partial charge in [0.25, 0.3) is 5.91 Å². The highest BCUT2D eigenvalue weighted by Gasteiger charge is 2.21. The molecule has 1 atom stereocenters. The molecule has 1 fully saturated rings. The molecular weight excluding hydrogens is 318 g/mol. The van der Waals surface area contributed by atoms with Gasteiger partial charge in [-0.05, 0) is 30.9 Å². The van der Waals surface area contributed by atoms with Gasteiger partial charge in [-0.25, -0.2) is 4.98 Å². The number of carbonyl (C=O) groups is 2. The number of rotatable bonds is 7. The van der Waals surface area contributed by atoms with Crippen molar-refractivity contribution in [2.24, 2.45) is 5.92 Å². The van der Waals surface area contributed by atoms with Crippen LogP contribution in [-0.4, -0.2) is 32.4 Å². The maximum Gasteiger partial charge on any atom is 0.303 e. The van der Waals surface area contributed by atoms with Crippen molar-refractivity contribution in [2.75, 3.05) is 0 Å². The van der Waals surface area contributed by atoms with Gasteiger partial charge in [-0.2, -0.15) is 0 Å². The van der Waals surface area contributed by atoms with Crippen LogP contribution in [0, 0.1) is 5.92 Å². The van der Waals surface area contributed by atoms with Gasteiger partial charge in [0.1, 0.15) is 5.65 Å². The summed E-state index contributed by atoms with van der Waals surface area (Å²) in [5.41, 5.74) is 1.36. The molecule has 1 aliphatic carbocycles. The van der Waals surface area contributed by atoms with E-state index in [2.05, 4.69) is 10.3 Å². The number of carboxylic acids is 1. The number of aromatic nitrogens is 2. The molecule has 1 aliphatic rings. The molecule has 25 heavy (non-hydrogen) atoms. The Morgan fingerprint density at radius 3 is 2.84 bits per heavy atom. The Labute approximate surface area is 147 Å². The molecule has 1 saturated carbocycles. The minimum Gasteiger partial charge on any atom is -0.481 e. The average Bonchev–Trinajstić information content (AvgIpc) is 3.08. The Morgan fingerprint density at radius 1 is 1.28 bits per heavy atom. The second kappa shape index (κ2) is 8.14. The van der Waals surface area contributed by atoms with Crippen molar-refractivity contribution in [1.82, 2.24) is 14.7 Å². The van der Waals surface area contributed by atoms with Crippen LogP contribution in [-0.2, 0) is 4.79 Å². The van der Waals surface area contributed by atoms with E-state index in [0.29, 0.717) is 17.9 Å². The molecule has 0 saturated heterocycles. The zero-order chi connectivity index (χ0) is 17.6. The van der Waals surface area contributed by atoms with E-state index < -0.39 is 5.97 Å². The number of fused-ring (bicyclic) bond motifs is 1. The number of nitrogens with one attached hydrogen (secondary N) is 1. The van der Waals surface area contributed by atoms with E-state index in [9.17, 15) is 9.59 Å². The molecule has 0 bridgehead atoms. The van der Waals surface area contributed by atoms with Crippen LogP contribution in [0.3, 0.4) is 0 Å². The molecule has 6 heteroatoms. The summed E-state index contributed by atoms with van der Waals surface area (Å²) in [6, 6.07) is 3.47. The lowest BCUT2D eigenvalue weighted by atomic mass is 9.84. The maximum atomic E-state index is 12.6. The van der Waals surface area contributed by atoms with Crippen LogP contribution in [0.1, 0.15) is 61.7 Å². The summed E-state index contributed by atoms with van der Waals surface area (Å²) < 4.78 is 1.81. The first kappa shape index (κ1) is 17.5. The Kier molecular flexibility index (Phi) is 5.68. The van der Waals surface area contributed by atoms with Crippen molar-refractivity contribution in [2.45, 2.75) is 57.4 Å². The minimum absolute atomic E-state index is 0.0816. The largest absolute Gasteiger partial charge is 0.481 e. The molecule has 2 N–H and O–H groups in total. The van der Waals surface area contributed by atoms with Gasteiger partial charge in [-0.15, -0.1) is 0 Å². The van der Waals surface area contributed by atoms with Gasteiger partial charge in [0.2, 0.25) is 0 Å². The van der Waals surface area contributed by atoms with Crippen molar-refractivity contribution in [3.63, 3.8) is 0 Å². The van der Waals surface area contributed by atoms with Gasteiger partial charge in [-0.3, -0.25) is 9.59 Å². The van der Waals surface area contributed by atoms with Gasteiger partial charge < -0.3 is 14.8 Å². The molecule has 0 aromatic carbocycles.